The molecular formula is C23H24N6O3. The highest BCUT2D eigenvalue weighted by atomic mass is 16.5. The minimum atomic E-state index is -0.332. The molecule has 4 aromatic rings. The molecule has 0 aliphatic rings. The van der Waals surface area contributed by atoms with Crippen LogP contribution in [0.2, 0.25) is 0 Å². The molecule has 0 saturated carbocycles. The average Bonchev–Trinajstić information content (AvgIpc) is 3.21. The Balaban J connectivity index is 1.86. The van der Waals surface area contributed by atoms with Crippen LogP contribution in [0, 0.1) is 0 Å². The van der Waals surface area contributed by atoms with Gasteiger partial charge in [0.25, 0.3) is 0 Å². The van der Waals surface area contributed by atoms with E-state index in [9.17, 15) is 4.79 Å². The van der Waals surface area contributed by atoms with Gasteiger partial charge >= 0.3 is 6.03 Å². The lowest BCUT2D eigenvalue weighted by Gasteiger charge is -2.10. The highest BCUT2D eigenvalue weighted by molar-refractivity contribution is 5.98. The molecule has 0 saturated heterocycles. The van der Waals surface area contributed by atoms with Gasteiger partial charge in [-0.15, -0.1) is 0 Å². The van der Waals surface area contributed by atoms with E-state index in [1.165, 1.54) is 0 Å². The summed E-state index contributed by atoms with van der Waals surface area (Å²) < 4.78 is 10.7. The van der Waals surface area contributed by atoms with Crippen LogP contribution in [0.15, 0.2) is 48.8 Å². The predicted octanol–water partition coefficient (Wildman–Crippen LogP) is 3.98. The van der Waals surface area contributed by atoms with E-state index in [1.54, 1.807) is 26.6 Å². The lowest BCUT2D eigenvalue weighted by Crippen LogP contribution is -2.28. The molecule has 4 rings (SSSR count). The van der Waals surface area contributed by atoms with Crippen LogP contribution in [-0.4, -0.2) is 46.7 Å². The van der Waals surface area contributed by atoms with Crippen LogP contribution in [0.4, 0.5) is 10.7 Å². The molecule has 3 heterocycles. The average molecular weight is 432 g/mol. The SMILES string of the molecule is CCNC(=O)Nc1nc2cc(-c3ccc(COC)nc3)cc(-c3ncccc3OC)c2[nH]1. The number of hydrogen-bond donors (Lipinski definition) is 3. The first-order valence-electron chi connectivity index (χ1n) is 10.1. The van der Waals surface area contributed by atoms with Gasteiger partial charge in [-0.1, -0.05) is 6.07 Å². The van der Waals surface area contributed by atoms with Crippen molar-refractivity contribution in [1.29, 1.82) is 0 Å². The van der Waals surface area contributed by atoms with Crippen LogP contribution in [0.5, 0.6) is 5.75 Å². The lowest BCUT2D eigenvalue weighted by molar-refractivity contribution is 0.181. The number of benzene rings is 1. The summed E-state index contributed by atoms with van der Waals surface area (Å²) in [6.45, 7) is 2.81. The van der Waals surface area contributed by atoms with Crippen molar-refractivity contribution in [3.63, 3.8) is 0 Å². The second-order valence-electron chi connectivity index (χ2n) is 7.01. The molecule has 0 aliphatic heterocycles. The number of pyridine rings is 2. The molecule has 2 amide bonds. The van der Waals surface area contributed by atoms with E-state index < -0.39 is 0 Å². The van der Waals surface area contributed by atoms with Crippen LogP contribution in [0.25, 0.3) is 33.4 Å². The maximum absolute atomic E-state index is 12.0. The van der Waals surface area contributed by atoms with Crippen molar-refractivity contribution in [2.75, 3.05) is 26.1 Å². The number of carbonyl (C=O) groups excluding carboxylic acids is 1. The van der Waals surface area contributed by atoms with Crippen LogP contribution in [0.1, 0.15) is 12.6 Å². The zero-order valence-electron chi connectivity index (χ0n) is 18.1. The molecule has 9 heteroatoms. The molecule has 0 atom stereocenters. The van der Waals surface area contributed by atoms with Gasteiger partial charge in [0, 0.05) is 37.2 Å². The second kappa shape index (κ2) is 9.44. The second-order valence-corrected chi connectivity index (χ2v) is 7.01. The molecule has 0 spiro atoms. The number of nitrogens with zero attached hydrogens (tertiary/aromatic N) is 3. The summed E-state index contributed by atoms with van der Waals surface area (Å²) >= 11 is 0. The Morgan fingerprint density at radius 1 is 1.12 bits per heavy atom. The fourth-order valence-corrected chi connectivity index (χ4v) is 3.42. The van der Waals surface area contributed by atoms with E-state index >= 15 is 0 Å². The monoisotopic (exact) mass is 432 g/mol. The smallest absolute Gasteiger partial charge is 0.321 e. The number of methoxy groups -OCH3 is 2. The lowest BCUT2D eigenvalue weighted by atomic mass is 10.0. The molecule has 32 heavy (non-hydrogen) atoms. The van der Waals surface area contributed by atoms with Crippen molar-refractivity contribution in [3.05, 3.63) is 54.5 Å². The predicted molar refractivity (Wildman–Crippen MR) is 123 cm³/mol. The number of aromatic nitrogens is 4. The standard InChI is InChI=1S/C23H24N6O3/c1-4-24-23(30)29-22-27-18-11-15(14-7-8-16(13-31-2)26-12-14)10-17(20(18)28-22)21-19(32-3)6-5-9-25-21/h5-12H,4,13H2,1-3H3,(H3,24,27,28,29,30). The number of rotatable bonds is 7. The molecule has 1 aromatic carbocycles. The summed E-state index contributed by atoms with van der Waals surface area (Å²) in [5, 5.41) is 5.42. The molecule has 3 N–H and O–H groups in total. The summed E-state index contributed by atoms with van der Waals surface area (Å²) in [6, 6.07) is 11.2. The number of ether oxygens (including phenoxy) is 2. The highest BCUT2D eigenvalue weighted by Crippen LogP contribution is 2.36. The summed E-state index contributed by atoms with van der Waals surface area (Å²) in [5.41, 5.74) is 5.56. The Bertz CT molecular complexity index is 1240. The molecular weight excluding hydrogens is 408 g/mol. The van der Waals surface area contributed by atoms with Crippen molar-refractivity contribution >= 4 is 23.0 Å². The maximum Gasteiger partial charge on any atom is 0.321 e. The van der Waals surface area contributed by atoms with E-state index in [4.69, 9.17) is 9.47 Å². The van der Waals surface area contributed by atoms with Crippen molar-refractivity contribution < 1.29 is 14.3 Å². The molecule has 0 unspecified atom stereocenters. The van der Waals surface area contributed by atoms with Gasteiger partial charge in [-0.3, -0.25) is 15.3 Å². The van der Waals surface area contributed by atoms with Crippen LogP contribution in [-0.2, 0) is 11.3 Å². The highest BCUT2D eigenvalue weighted by Gasteiger charge is 2.17. The Hall–Kier alpha value is -3.98. The molecule has 164 valence electrons. The number of H-pyrrole nitrogens is 1. The molecule has 0 bridgehead atoms. The van der Waals surface area contributed by atoms with Crippen molar-refractivity contribution in [1.82, 2.24) is 25.3 Å². The van der Waals surface area contributed by atoms with Gasteiger partial charge in [0.2, 0.25) is 5.95 Å². The van der Waals surface area contributed by atoms with Crippen molar-refractivity contribution in [2.24, 2.45) is 0 Å². The zero-order chi connectivity index (χ0) is 22.5. The Labute approximate surface area is 185 Å². The quantitative estimate of drug-likeness (QED) is 0.407. The van der Waals surface area contributed by atoms with Gasteiger partial charge in [-0.05, 0) is 42.8 Å². The third kappa shape index (κ3) is 4.37. The Morgan fingerprint density at radius 2 is 2.00 bits per heavy atom. The van der Waals surface area contributed by atoms with Crippen LogP contribution >= 0.6 is 0 Å². The number of amides is 2. The van der Waals surface area contributed by atoms with Gasteiger partial charge in [-0.25, -0.2) is 9.78 Å². The third-order valence-corrected chi connectivity index (χ3v) is 4.86. The van der Waals surface area contributed by atoms with Crippen LogP contribution in [0.3, 0.4) is 0 Å². The van der Waals surface area contributed by atoms with Gasteiger partial charge in [-0.2, -0.15) is 0 Å². The van der Waals surface area contributed by atoms with Crippen molar-refractivity contribution in [3.8, 4) is 28.1 Å². The van der Waals surface area contributed by atoms with E-state index in [0.717, 1.165) is 27.9 Å². The molecule has 0 radical (unpaired) electrons. The largest absolute Gasteiger partial charge is 0.494 e. The number of urea groups is 1. The van der Waals surface area contributed by atoms with E-state index in [2.05, 4.69) is 30.6 Å². The van der Waals surface area contributed by atoms with Crippen molar-refractivity contribution in [2.45, 2.75) is 13.5 Å². The van der Waals surface area contributed by atoms with Gasteiger partial charge in [0.15, 0.2) is 0 Å². The third-order valence-electron chi connectivity index (χ3n) is 4.86. The number of nitrogens with one attached hydrogen (secondary N) is 3. The van der Waals surface area contributed by atoms with E-state index in [0.29, 0.717) is 36.1 Å². The Morgan fingerprint density at radius 3 is 2.72 bits per heavy atom. The normalized spacial score (nSPS) is 10.8. The van der Waals surface area contributed by atoms with Gasteiger partial charge in [0.05, 0.1) is 30.4 Å². The fourth-order valence-electron chi connectivity index (χ4n) is 3.42. The summed E-state index contributed by atoms with van der Waals surface area (Å²) in [4.78, 5) is 28.8. The number of anilines is 1. The molecule has 0 aliphatic carbocycles. The first kappa shape index (κ1) is 21.3. The molecule has 9 nitrogen and oxygen atoms in total. The number of aromatic amines is 1. The number of imidazole rings is 1. The topological polar surface area (TPSA) is 114 Å². The minimum absolute atomic E-state index is 0.332. The van der Waals surface area contributed by atoms with Gasteiger partial charge < -0.3 is 19.8 Å². The Kier molecular flexibility index (Phi) is 6.27. The maximum atomic E-state index is 12.0. The number of carbonyl (C=O) groups is 1. The summed E-state index contributed by atoms with van der Waals surface area (Å²) in [7, 11) is 3.25. The summed E-state index contributed by atoms with van der Waals surface area (Å²) in [5.74, 6) is 0.972. The number of fused-ring (bicyclic) bond motifs is 1. The molecule has 3 aromatic heterocycles. The zero-order valence-corrected chi connectivity index (χ0v) is 18.1. The van der Waals surface area contributed by atoms with E-state index in [-0.39, 0.29) is 6.03 Å². The molecule has 0 fully saturated rings. The van der Waals surface area contributed by atoms with Crippen LogP contribution < -0.4 is 15.4 Å². The van der Waals surface area contributed by atoms with E-state index in [1.807, 2.05) is 43.3 Å². The summed E-state index contributed by atoms with van der Waals surface area (Å²) in [6.07, 6.45) is 3.51. The fraction of sp³-hybridized carbons (Fsp3) is 0.217. The van der Waals surface area contributed by atoms with Gasteiger partial charge in [0.1, 0.15) is 11.4 Å². The minimum Gasteiger partial charge on any atom is -0.494 e. The first-order chi connectivity index (χ1) is 15.6. The number of hydrogen-bond acceptors (Lipinski definition) is 6. The first-order valence-corrected chi connectivity index (χ1v) is 10.1.